The maximum Gasteiger partial charge on any atom is 2.00 e. The predicted octanol–water partition coefficient (Wildman–Crippen LogP) is 3.01. The number of rotatable bonds is 4. The number of nitrogens with zero attached hydrogens (tertiary/aromatic N) is 5. The molecular formula is C19H15FeN5O2+2. The van der Waals surface area contributed by atoms with E-state index in [0.29, 0.717) is 11.5 Å². The van der Waals surface area contributed by atoms with Crippen LogP contribution in [0.5, 0.6) is 0 Å². The van der Waals surface area contributed by atoms with E-state index in [1.54, 1.807) is 18.2 Å². The molecule has 0 aliphatic heterocycles. The molecule has 10 radical (unpaired) electrons. The molecule has 2 fully saturated rings. The minimum Gasteiger partial charge on any atom is -0.258 e. The van der Waals surface area contributed by atoms with Gasteiger partial charge in [-0.3, -0.25) is 10.1 Å². The van der Waals surface area contributed by atoms with Gasteiger partial charge in [0.1, 0.15) is 0 Å². The maximum absolute atomic E-state index is 10.8. The Morgan fingerprint density at radius 3 is 2.26 bits per heavy atom. The van der Waals surface area contributed by atoms with E-state index in [-0.39, 0.29) is 22.8 Å². The van der Waals surface area contributed by atoms with Crippen LogP contribution in [0.2, 0.25) is 0 Å². The van der Waals surface area contributed by atoms with Gasteiger partial charge < -0.3 is 0 Å². The molecule has 0 bridgehead atoms. The van der Waals surface area contributed by atoms with Gasteiger partial charge in [-0.2, -0.15) is 4.68 Å². The molecule has 7 nitrogen and oxygen atoms in total. The molecule has 4 rings (SSSR count). The van der Waals surface area contributed by atoms with Gasteiger partial charge in [-0.05, 0) is 80.4 Å². The Labute approximate surface area is 169 Å². The summed E-state index contributed by atoms with van der Waals surface area (Å²) in [7, 11) is 0. The van der Waals surface area contributed by atoms with Crippen molar-refractivity contribution in [3.8, 4) is 5.69 Å². The summed E-state index contributed by atoms with van der Waals surface area (Å²) in [6.45, 7) is 0. The first-order valence-electron chi connectivity index (χ1n) is 7.84. The van der Waals surface area contributed by atoms with Gasteiger partial charge in [0.15, 0.2) is 5.82 Å². The standard InChI is InChI=1S/C14H10N5O2.C5H5.Fe/c20-19(21)13-7-3-6-12(10-13)18-14(15-16-17-18)9-8-11-4-1-2-5-11;1-2-4-5-3-1;/h1-10H;1-5H;/q;;+2/b9-8+;;. The van der Waals surface area contributed by atoms with Crippen LogP contribution in [0.4, 0.5) is 5.69 Å². The molecule has 27 heavy (non-hydrogen) atoms. The summed E-state index contributed by atoms with van der Waals surface area (Å²) in [6, 6.07) is 6.16. The number of hydrogen-bond donors (Lipinski definition) is 0. The van der Waals surface area contributed by atoms with Gasteiger partial charge >= 0.3 is 17.1 Å². The SMILES string of the molecule is O=[N+]([O-])c1cccc(-n2nnnc2/C=C/[C]2[CH][CH][CH][CH]2)c1.[CH]1[CH][CH][CH][CH]1.[Fe+2]. The topological polar surface area (TPSA) is 86.7 Å². The van der Waals surface area contributed by atoms with Crippen molar-refractivity contribution in [1.82, 2.24) is 20.2 Å². The van der Waals surface area contributed by atoms with Crippen LogP contribution in [0.15, 0.2) is 30.3 Å². The van der Waals surface area contributed by atoms with E-state index < -0.39 is 4.92 Å². The Morgan fingerprint density at radius 1 is 0.963 bits per heavy atom. The van der Waals surface area contributed by atoms with E-state index in [1.807, 2.05) is 63.9 Å². The second-order valence-electron chi connectivity index (χ2n) is 5.24. The molecule has 2 saturated carbocycles. The van der Waals surface area contributed by atoms with Gasteiger partial charge in [0.25, 0.3) is 5.69 Å². The first kappa shape index (κ1) is 21.3. The van der Waals surface area contributed by atoms with Crippen molar-refractivity contribution in [3.05, 3.63) is 110 Å². The van der Waals surface area contributed by atoms with Crippen molar-refractivity contribution < 1.29 is 22.0 Å². The van der Waals surface area contributed by atoms with Crippen molar-refractivity contribution in [3.63, 3.8) is 0 Å². The number of non-ortho nitro benzene ring substituents is 1. The Balaban J connectivity index is 0.000000379. The number of nitro benzene ring substituents is 1. The average molecular weight is 401 g/mol. The molecule has 0 atom stereocenters. The second kappa shape index (κ2) is 10.9. The number of allylic oxidation sites excluding steroid dienone is 1. The number of nitro groups is 1. The predicted molar refractivity (Wildman–Crippen MR) is 96.8 cm³/mol. The third-order valence-corrected chi connectivity index (χ3v) is 3.45. The van der Waals surface area contributed by atoms with Crippen molar-refractivity contribution in [2.75, 3.05) is 0 Å². The molecule has 0 unspecified atom stereocenters. The minimum absolute atomic E-state index is 0. The van der Waals surface area contributed by atoms with Crippen LogP contribution >= 0.6 is 0 Å². The molecule has 0 saturated heterocycles. The Kier molecular flexibility index (Phi) is 8.61. The first-order chi connectivity index (χ1) is 12.7. The third-order valence-electron chi connectivity index (χ3n) is 3.45. The zero-order valence-corrected chi connectivity index (χ0v) is 15.2. The fraction of sp³-hybridized carbons (Fsp3) is 0. The molecule has 1 aromatic carbocycles. The molecule has 0 N–H and O–H groups in total. The average Bonchev–Trinajstić information content (AvgIpc) is 3.44. The first-order valence-corrected chi connectivity index (χ1v) is 7.84. The van der Waals surface area contributed by atoms with Crippen LogP contribution in [-0.2, 0) is 17.1 Å². The molecule has 2 aliphatic carbocycles. The van der Waals surface area contributed by atoms with Gasteiger partial charge in [-0.1, -0.05) is 12.1 Å². The number of hydrogen-bond acceptors (Lipinski definition) is 5. The summed E-state index contributed by atoms with van der Waals surface area (Å²) in [5.74, 6) is 1.53. The fourth-order valence-corrected chi connectivity index (χ4v) is 2.21. The largest absolute Gasteiger partial charge is 2.00 e. The summed E-state index contributed by atoms with van der Waals surface area (Å²) in [5, 5.41) is 22.2. The van der Waals surface area contributed by atoms with E-state index in [9.17, 15) is 10.1 Å². The normalized spacial score (nSPS) is 16.7. The monoisotopic (exact) mass is 401 g/mol. The van der Waals surface area contributed by atoms with Gasteiger partial charge in [-0.15, -0.1) is 5.10 Å². The molecule has 0 spiro atoms. The maximum atomic E-state index is 10.8. The smallest absolute Gasteiger partial charge is 0.258 e. The van der Waals surface area contributed by atoms with Crippen LogP contribution in [0.25, 0.3) is 11.8 Å². The third kappa shape index (κ3) is 6.26. The zero-order valence-electron chi connectivity index (χ0n) is 14.1. The zero-order chi connectivity index (χ0) is 18.2. The number of aromatic nitrogens is 4. The van der Waals surface area contributed by atoms with E-state index in [0.717, 1.165) is 5.92 Å². The Hall–Kier alpha value is -2.05. The summed E-state index contributed by atoms with van der Waals surface area (Å²) in [4.78, 5) is 10.4. The van der Waals surface area contributed by atoms with Gasteiger partial charge in [0.2, 0.25) is 0 Å². The number of tetrazole rings is 1. The molecule has 8 heteroatoms. The van der Waals surface area contributed by atoms with Crippen molar-refractivity contribution in [2.24, 2.45) is 0 Å². The summed E-state index contributed by atoms with van der Waals surface area (Å²) in [6.07, 6.45) is 21.4. The van der Waals surface area contributed by atoms with E-state index in [4.69, 9.17) is 0 Å². The summed E-state index contributed by atoms with van der Waals surface area (Å²) >= 11 is 0. The van der Waals surface area contributed by atoms with Gasteiger partial charge in [0, 0.05) is 18.1 Å². The fourth-order valence-electron chi connectivity index (χ4n) is 2.21. The Bertz CT molecular complexity index is 744. The van der Waals surface area contributed by atoms with Crippen molar-refractivity contribution >= 4 is 11.8 Å². The molecular weight excluding hydrogens is 386 g/mol. The molecule has 0 amide bonds. The van der Waals surface area contributed by atoms with Gasteiger partial charge in [0.05, 0.1) is 10.6 Å². The van der Waals surface area contributed by atoms with E-state index in [2.05, 4.69) is 15.5 Å². The molecule has 2 aromatic rings. The van der Waals surface area contributed by atoms with E-state index >= 15 is 0 Å². The van der Waals surface area contributed by atoms with Crippen molar-refractivity contribution in [1.29, 1.82) is 0 Å². The van der Waals surface area contributed by atoms with Gasteiger partial charge in [-0.25, -0.2) is 0 Å². The molecule has 134 valence electrons. The summed E-state index contributed by atoms with van der Waals surface area (Å²) < 4.78 is 1.45. The van der Waals surface area contributed by atoms with Crippen LogP contribution in [0.3, 0.4) is 0 Å². The Morgan fingerprint density at radius 2 is 1.63 bits per heavy atom. The van der Waals surface area contributed by atoms with Crippen LogP contribution in [0.1, 0.15) is 5.82 Å². The minimum atomic E-state index is -0.451. The quantitative estimate of drug-likeness (QED) is 0.447. The second-order valence-corrected chi connectivity index (χ2v) is 5.24. The van der Waals surface area contributed by atoms with E-state index in [1.165, 1.54) is 16.8 Å². The van der Waals surface area contributed by atoms with Crippen molar-refractivity contribution in [2.45, 2.75) is 0 Å². The van der Waals surface area contributed by atoms with Crippen LogP contribution < -0.4 is 0 Å². The molecule has 1 heterocycles. The number of benzene rings is 1. The molecule has 1 aromatic heterocycles. The molecule has 2 aliphatic rings. The van der Waals surface area contributed by atoms with Crippen LogP contribution in [0, 0.1) is 73.8 Å². The summed E-state index contributed by atoms with van der Waals surface area (Å²) in [5.41, 5.74) is 0.533. The van der Waals surface area contributed by atoms with Crippen LogP contribution in [-0.4, -0.2) is 25.1 Å².